The number of ether oxygens (including phenoxy) is 2. The number of carbonyl (C=O) groups is 3. The van der Waals surface area contributed by atoms with Crippen molar-refractivity contribution in [2.24, 2.45) is 0 Å². The van der Waals surface area contributed by atoms with Crippen molar-refractivity contribution in [2.45, 2.75) is 6.54 Å². The Morgan fingerprint density at radius 3 is 2.50 bits per heavy atom. The Bertz CT molecular complexity index is 1030. The predicted molar refractivity (Wildman–Crippen MR) is 113 cm³/mol. The standard InChI is InChI=1S/C20H15Br2FN2O5/c1-29-17(26)10-30-18-13(21)6-11(7-14(18)22)8-16-19(27)25(20(28)24-16)9-12-4-2-3-5-15(12)23/h2-8H,9-10H2,1H3,(H,24,28)/b16-8+. The van der Waals surface area contributed by atoms with E-state index < -0.39 is 23.7 Å². The highest BCUT2D eigenvalue weighted by molar-refractivity contribution is 9.11. The van der Waals surface area contributed by atoms with Crippen LogP contribution in [0.5, 0.6) is 5.75 Å². The smallest absolute Gasteiger partial charge is 0.343 e. The van der Waals surface area contributed by atoms with Crippen LogP contribution >= 0.6 is 31.9 Å². The normalized spacial score (nSPS) is 14.8. The molecule has 1 N–H and O–H groups in total. The number of benzene rings is 2. The third kappa shape index (κ3) is 4.88. The van der Waals surface area contributed by atoms with E-state index in [1.165, 1.54) is 31.4 Å². The molecule has 3 rings (SSSR count). The van der Waals surface area contributed by atoms with E-state index >= 15 is 0 Å². The lowest BCUT2D eigenvalue weighted by atomic mass is 10.1. The van der Waals surface area contributed by atoms with Crippen molar-refractivity contribution in [2.75, 3.05) is 13.7 Å². The molecule has 0 radical (unpaired) electrons. The van der Waals surface area contributed by atoms with Crippen LogP contribution in [0.1, 0.15) is 11.1 Å². The van der Waals surface area contributed by atoms with Crippen molar-refractivity contribution >= 4 is 55.8 Å². The Hall–Kier alpha value is -2.72. The van der Waals surface area contributed by atoms with Crippen molar-refractivity contribution in [3.63, 3.8) is 0 Å². The third-order valence-corrected chi connectivity index (χ3v) is 5.32. The van der Waals surface area contributed by atoms with Crippen LogP contribution in [0.2, 0.25) is 0 Å². The van der Waals surface area contributed by atoms with Crippen LogP contribution < -0.4 is 10.1 Å². The second kappa shape index (κ2) is 9.40. The number of esters is 1. The predicted octanol–water partition coefficient (Wildman–Crippen LogP) is 4.00. The molecule has 2 aromatic rings. The summed E-state index contributed by atoms with van der Waals surface area (Å²) in [6.45, 7) is -0.448. The fourth-order valence-corrected chi connectivity index (χ4v) is 4.12. The van der Waals surface area contributed by atoms with Gasteiger partial charge in [0.1, 0.15) is 17.3 Å². The maximum absolute atomic E-state index is 13.9. The van der Waals surface area contributed by atoms with Gasteiger partial charge in [-0.3, -0.25) is 9.69 Å². The number of hydrogen-bond donors (Lipinski definition) is 1. The molecule has 156 valence electrons. The molecule has 10 heteroatoms. The molecule has 0 aromatic heterocycles. The molecule has 1 heterocycles. The molecule has 1 fully saturated rings. The first-order chi connectivity index (χ1) is 14.3. The molecule has 0 atom stereocenters. The summed E-state index contributed by atoms with van der Waals surface area (Å²) < 4.78 is 24.9. The van der Waals surface area contributed by atoms with E-state index in [-0.39, 0.29) is 24.4 Å². The average molecular weight is 542 g/mol. The first-order valence-corrected chi connectivity index (χ1v) is 10.2. The average Bonchev–Trinajstić information content (AvgIpc) is 2.96. The van der Waals surface area contributed by atoms with Crippen LogP contribution in [0, 0.1) is 5.82 Å². The molecular weight excluding hydrogens is 527 g/mol. The van der Waals surface area contributed by atoms with Gasteiger partial charge < -0.3 is 14.8 Å². The first-order valence-electron chi connectivity index (χ1n) is 8.56. The zero-order valence-corrected chi connectivity index (χ0v) is 18.8. The highest BCUT2D eigenvalue weighted by Crippen LogP contribution is 2.35. The number of urea groups is 1. The Morgan fingerprint density at radius 2 is 1.87 bits per heavy atom. The largest absolute Gasteiger partial charge is 0.480 e. The molecule has 7 nitrogen and oxygen atoms in total. The molecule has 1 aliphatic heterocycles. The molecule has 0 bridgehead atoms. The number of nitrogens with one attached hydrogen (secondary N) is 1. The van der Waals surface area contributed by atoms with Gasteiger partial charge in [0.15, 0.2) is 6.61 Å². The molecule has 0 aliphatic carbocycles. The molecule has 2 aromatic carbocycles. The Morgan fingerprint density at radius 1 is 1.20 bits per heavy atom. The van der Waals surface area contributed by atoms with E-state index in [0.29, 0.717) is 20.3 Å². The second-order valence-corrected chi connectivity index (χ2v) is 7.86. The van der Waals surface area contributed by atoms with E-state index in [9.17, 15) is 18.8 Å². The molecule has 0 spiro atoms. The quantitative estimate of drug-likeness (QED) is 0.339. The van der Waals surface area contributed by atoms with Gasteiger partial charge in [0.25, 0.3) is 5.91 Å². The summed E-state index contributed by atoms with van der Waals surface area (Å²) in [5.41, 5.74) is 0.869. The summed E-state index contributed by atoms with van der Waals surface area (Å²) in [4.78, 5) is 37.0. The SMILES string of the molecule is COC(=O)COc1c(Br)cc(/C=C2/NC(=O)N(Cc3ccccc3F)C2=O)cc1Br. The molecule has 1 saturated heterocycles. The van der Waals surface area contributed by atoms with E-state index in [2.05, 4.69) is 41.9 Å². The van der Waals surface area contributed by atoms with Crippen LogP contribution in [-0.2, 0) is 20.9 Å². The number of amides is 3. The van der Waals surface area contributed by atoms with E-state index in [4.69, 9.17) is 4.74 Å². The van der Waals surface area contributed by atoms with Crippen molar-refractivity contribution < 1.29 is 28.2 Å². The van der Waals surface area contributed by atoms with Gasteiger partial charge in [-0.15, -0.1) is 0 Å². The maximum atomic E-state index is 13.9. The van der Waals surface area contributed by atoms with Crippen LogP contribution in [0.15, 0.2) is 51.0 Å². The topological polar surface area (TPSA) is 84.9 Å². The van der Waals surface area contributed by atoms with Crippen molar-refractivity contribution in [3.05, 3.63) is 68.0 Å². The number of hydrogen-bond acceptors (Lipinski definition) is 5. The number of rotatable bonds is 6. The minimum absolute atomic E-state index is 0.0540. The van der Waals surface area contributed by atoms with Gasteiger partial charge in [0.05, 0.1) is 22.6 Å². The number of imide groups is 1. The molecule has 30 heavy (non-hydrogen) atoms. The number of methoxy groups -OCH3 is 1. The second-order valence-electron chi connectivity index (χ2n) is 6.15. The highest BCUT2D eigenvalue weighted by Gasteiger charge is 2.34. The Balaban J connectivity index is 1.80. The zero-order valence-electron chi connectivity index (χ0n) is 15.6. The van der Waals surface area contributed by atoms with E-state index in [0.717, 1.165) is 4.90 Å². The molecule has 1 aliphatic rings. The maximum Gasteiger partial charge on any atom is 0.343 e. The van der Waals surface area contributed by atoms with Crippen LogP contribution in [0.4, 0.5) is 9.18 Å². The first kappa shape index (κ1) is 22.0. The minimum Gasteiger partial charge on any atom is -0.480 e. The number of carbonyl (C=O) groups excluding carboxylic acids is 3. The molecule has 0 saturated carbocycles. The summed E-state index contributed by atoms with van der Waals surface area (Å²) >= 11 is 6.70. The Kier molecular flexibility index (Phi) is 6.88. The van der Waals surface area contributed by atoms with Gasteiger partial charge in [-0.1, -0.05) is 18.2 Å². The van der Waals surface area contributed by atoms with Crippen LogP contribution in [0.25, 0.3) is 6.08 Å². The van der Waals surface area contributed by atoms with E-state index in [1.807, 2.05) is 0 Å². The monoisotopic (exact) mass is 540 g/mol. The van der Waals surface area contributed by atoms with Gasteiger partial charge in [-0.2, -0.15) is 0 Å². The fourth-order valence-electron chi connectivity index (χ4n) is 2.67. The molecular formula is C20H15Br2FN2O5. The summed E-state index contributed by atoms with van der Waals surface area (Å²) in [5.74, 6) is -1.22. The van der Waals surface area contributed by atoms with Crippen LogP contribution in [0.3, 0.4) is 0 Å². The fraction of sp³-hybridized carbons (Fsp3) is 0.150. The Labute approximate surface area is 188 Å². The summed E-state index contributed by atoms with van der Waals surface area (Å²) in [7, 11) is 1.26. The van der Waals surface area contributed by atoms with Gasteiger partial charge in [-0.25, -0.2) is 14.0 Å². The summed E-state index contributed by atoms with van der Waals surface area (Å²) in [6.07, 6.45) is 1.49. The van der Waals surface area contributed by atoms with Gasteiger partial charge in [-0.05, 0) is 61.7 Å². The lowest BCUT2D eigenvalue weighted by Crippen LogP contribution is -2.30. The number of nitrogens with zero attached hydrogens (tertiary/aromatic N) is 1. The summed E-state index contributed by atoms with van der Waals surface area (Å²) in [6, 6.07) is 8.62. The van der Waals surface area contributed by atoms with Crippen molar-refractivity contribution in [1.29, 1.82) is 0 Å². The molecule has 0 unspecified atom stereocenters. The lowest BCUT2D eigenvalue weighted by molar-refractivity contribution is -0.143. The third-order valence-electron chi connectivity index (χ3n) is 4.14. The summed E-state index contributed by atoms with van der Waals surface area (Å²) in [5, 5.41) is 2.50. The minimum atomic E-state index is -0.634. The lowest BCUT2D eigenvalue weighted by Gasteiger charge is -2.12. The van der Waals surface area contributed by atoms with Gasteiger partial charge in [0.2, 0.25) is 0 Å². The van der Waals surface area contributed by atoms with Gasteiger partial charge >= 0.3 is 12.0 Å². The molecule has 3 amide bonds. The van der Waals surface area contributed by atoms with Gasteiger partial charge in [0, 0.05) is 5.56 Å². The zero-order chi connectivity index (χ0) is 21.8. The highest BCUT2D eigenvalue weighted by atomic mass is 79.9. The van der Waals surface area contributed by atoms with E-state index in [1.54, 1.807) is 18.2 Å². The van der Waals surface area contributed by atoms with Crippen molar-refractivity contribution in [1.82, 2.24) is 10.2 Å². The van der Waals surface area contributed by atoms with Crippen molar-refractivity contribution in [3.8, 4) is 5.75 Å². The number of halogens is 3. The van der Waals surface area contributed by atoms with Crippen LogP contribution in [-0.4, -0.2) is 36.5 Å².